The van der Waals surface area contributed by atoms with E-state index in [2.05, 4.69) is 15.8 Å². The van der Waals surface area contributed by atoms with Crippen LogP contribution in [0.1, 0.15) is 21.5 Å². The summed E-state index contributed by atoms with van der Waals surface area (Å²) in [5, 5.41) is 6.34. The Labute approximate surface area is 208 Å². The van der Waals surface area contributed by atoms with Crippen LogP contribution in [0.4, 0.5) is 5.69 Å². The van der Waals surface area contributed by atoms with Crippen LogP contribution in [0.25, 0.3) is 0 Å². The topological polar surface area (TPSA) is 109 Å². The summed E-state index contributed by atoms with van der Waals surface area (Å²) in [6.45, 7) is 2.32. The summed E-state index contributed by atoms with van der Waals surface area (Å²) in [6.07, 6.45) is 1.42. The molecule has 2 N–H and O–H groups in total. The number of nitrogens with one attached hydrogen (secondary N) is 2. The van der Waals surface area contributed by atoms with Gasteiger partial charge in [0.15, 0.2) is 0 Å². The predicted molar refractivity (Wildman–Crippen MR) is 135 cm³/mol. The van der Waals surface area contributed by atoms with E-state index in [1.165, 1.54) is 6.21 Å². The molecule has 0 radical (unpaired) electrons. The number of ether oxygens (including phenoxy) is 2. The van der Waals surface area contributed by atoms with Gasteiger partial charge in [-0.2, -0.15) is 5.10 Å². The molecule has 0 unspecified atom stereocenters. The number of hydrogen-bond acceptors (Lipinski definition) is 6. The summed E-state index contributed by atoms with van der Waals surface area (Å²) in [6, 6.07) is 23.5. The Hall–Kier alpha value is -4.50. The number of hydrogen-bond donors (Lipinski definition) is 2. The van der Waals surface area contributed by atoms with Crippen molar-refractivity contribution in [1.82, 2.24) is 10.3 Å². The molecule has 9 heteroatoms. The second kappa shape index (κ2) is 12.3. The van der Waals surface area contributed by atoms with E-state index < -0.39 is 11.8 Å². The van der Waals surface area contributed by atoms with Gasteiger partial charge >= 0.3 is 11.8 Å². The number of rotatable bonds is 7. The van der Waals surface area contributed by atoms with Crippen molar-refractivity contribution < 1.29 is 23.9 Å². The van der Waals surface area contributed by atoms with Gasteiger partial charge < -0.3 is 19.7 Å². The molecular weight excluding hydrogens is 460 g/mol. The second-order valence-corrected chi connectivity index (χ2v) is 7.95. The number of morpholine rings is 1. The van der Waals surface area contributed by atoms with E-state index in [4.69, 9.17) is 9.47 Å². The summed E-state index contributed by atoms with van der Waals surface area (Å²) in [5.41, 5.74) is 4.54. The lowest BCUT2D eigenvalue weighted by atomic mass is 10.1. The largest absolute Gasteiger partial charge is 0.489 e. The maximum absolute atomic E-state index is 12.8. The van der Waals surface area contributed by atoms with Crippen LogP contribution in [0, 0.1) is 0 Å². The number of carbonyl (C=O) groups is 3. The minimum absolute atomic E-state index is 0.233. The summed E-state index contributed by atoms with van der Waals surface area (Å²) in [7, 11) is 0. The summed E-state index contributed by atoms with van der Waals surface area (Å²) in [5.74, 6) is -1.42. The molecule has 0 spiro atoms. The third-order valence-corrected chi connectivity index (χ3v) is 5.42. The van der Waals surface area contributed by atoms with Crippen LogP contribution < -0.4 is 15.5 Å². The highest BCUT2D eigenvalue weighted by Gasteiger charge is 2.22. The number of carbonyl (C=O) groups excluding carboxylic acids is 3. The molecule has 1 heterocycles. The van der Waals surface area contributed by atoms with Gasteiger partial charge in [0, 0.05) is 13.1 Å². The maximum Gasteiger partial charge on any atom is 0.329 e. The lowest BCUT2D eigenvalue weighted by molar-refractivity contribution is -0.136. The van der Waals surface area contributed by atoms with E-state index in [0.29, 0.717) is 49.8 Å². The van der Waals surface area contributed by atoms with Crippen LogP contribution in [-0.4, -0.2) is 55.1 Å². The summed E-state index contributed by atoms with van der Waals surface area (Å²) in [4.78, 5) is 39.1. The zero-order chi connectivity index (χ0) is 25.2. The van der Waals surface area contributed by atoms with Crippen molar-refractivity contribution in [2.45, 2.75) is 6.61 Å². The van der Waals surface area contributed by atoms with E-state index in [1.54, 1.807) is 53.4 Å². The van der Waals surface area contributed by atoms with E-state index in [-0.39, 0.29) is 11.6 Å². The SMILES string of the molecule is O=C(N/N=C\c1ccc(OCc2ccccc2)cc1)C(=O)Nc1ccccc1C(=O)N1CCOCC1. The number of anilines is 1. The van der Waals surface area contributed by atoms with Crippen molar-refractivity contribution in [3.05, 3.63) is 95.6 Å². The third kappa shape index (κ3) is 6.77. The van der Waals surface area contributed by atoms with E-state index in [1.807, 2.05) is 30.3 Å². The quantitative estimate of drug-likeness (QED) is 0.303. The minimum Gasteiger partial charge on any atom is -0.489 e. The molecule has 3 aromatic rings. The lowest BCUT2D eigenvalue weighted by Gasteiger charge is -2.27. The molecule has 1 aliphatic heterocycles. The monoisotopic (exact) mass is 486 g/mol. The first-order valence-electron chi connectivity index (χ1n) is 11.5. The van der Waals surface area contributed by atoms with Crippen LogP contribution >= 0.6 is 0 Å². The Balaban J connectivity index is 1.28. The third-order valence-electron chi connectivity index (χ3n) is 5.42. The van der Waals surface area contributed by atoms with Crippen molar-refractivity contribution in [2.75, 3.05) is 31.6 Å². The normalized spacial score (nSPS) is 13.3. The van der Waals surface area contributed by atoms with Crippen molar-refractivity contribution in [2.24, 2.45) is 5.10 Å². The Morgan fingerprint density at radius 2 is 1.58 bits per heavy atom. The predicted octanol–water partition coefficient (Wildman–Crippen LogP) is 2.83. The standard InChI is InChI=1S/C27H26N4O5/c32-25(29-24-9-5-4-8-23(24)27(34)31-14-16-35-17-15-31)26(33)30-28-18-20-10-12-22(13-11-20)36-19-21-6-2-1-3-7-21/h1-13,18H,14-17,19H2,(H,29,32)(H,30,33)/b28-18-. The van der Waals surface area contributed by atoms with Gasteiger partial charge in [-0.25, -0.2) is 5.43 Å². The van der Waals surface area contributed by atoms with Crippen LogP contribution in [0.5, 0.6) is 5.75 Å². The van der Waals surface area contributed by atoms with Gasteiger partial charge in [-0.05, 0) is 47.5 Å². The number of para-hydroxylation sites is 1. The number of amides is 3. The number of benzene rings is 3. The fourth-order valence-electron chi connectivity index (χ4n) is 3.50. The van der Waals surface area contributed by atoms with Crippen molar-refractivity contribution in [1.29, 1.82) is 0 Å². The van der Waals surface area contributed by atoms with Crippen LogP contribution in [0.15, 0.2) is 84.0 Å². The molecule has 0 aliphatic carbocycles. The van der Waals surface area contributed by atoms with E-state index in [0.717, 1.165) is 5.56 Å². The Kier molecular flexibility index (Phi) is 8.39. The molecule has 0 aromatic heterocycles. The molecule has 0 atom stereocenters. The zero-order valence-electron chi connectivity index (χ0n) is 19.6. The van der Waals surface area contributed by atoms with Crippen LogP contribution in [-0.2, 0) is 20.9 Å². The molecule has 9 nitrogen and oxygen atoms in total. The van der Waals surface area contributed by atoms with Gasteiger partial charge in [0.05, 0.1) is 30.7 Å². The zero-order valence-corrected chi connectivity index (χ0v) is 19.6. The van der Waals surface area contributed by atoms with E-state index in [9.17, 15) is 14.4 Å². The second-order valence-electron chi connectivity index (χ2n) is 7.95. The van der Waals surface area contributed by atoms with Gasteiger partial charge in [0.25, 0.3) is 5.91 Å². The van der Waals surface area contributed by atoms with E-state index >= 15 is 0 Å². The molecule has 1 aliphatic rings. The molecule has 36 heavy (non-hydrogen) atoms. The van der Waals surface area contributed by atoms with Crippen molar-refractivity contribution in [3.8, 4) is 5.75 Å². The highest BCUT2D eigenvalue weighted by molar-refractivity contribution is 6.40. The van der Waals surface area contributed by atoms with Gasteiger partial charge in [0.1, 0.15) is 12.4 Å². The smallest absolute Gasteiger partial charge is 0.329 e. The molecular formula is C27H26N4O5. The molecule has 184 valence electrons. The summed E-state index contributed by atoms with van der Waals surface area (Å²) < 4.78 is 11.0. The molecule has 0 bridgehead atoms. The fraction of sp³-hybridized carbons (Fsp3) is 0.185. The maximum atomic E-state index is 12.8. The summed E-state index contributed by atoms with van der Waals surface area (Å²) >= 11 is 0. The highest BCUT2D eigenvalue weighted by atomic mass is 16.5. The minimum atomic E-state index is -0.956. The van der Waals surface area contributed by atoms with Gasteiger partial charge in [0.2, 0.25) is 0 Å². The van der Waals surface area contributed by atoms with Crippen LogP contribution in [0.3, 0.4) is 0 Å². The Bertz CT molecular complexity index is 1220. The first kappa shape index (κ1) is 24.6. The molecule has 1 saturated heterocycles. The fourth-order valence-corrected chi connectivity index (χ4v) is 3.50. The van der Waals surface area contributed by atoms with Crippen molar-refractivity contribution in [3.63, 3.8) is 0 Å². The lowest BCUT2D eigenvalue weighted by Crippen LogP contribution is -2.41. The van der Waals surface area contributed by atoms with Gasteiger partial charge in [-0.1, -0.05) is 42.5 Å². The number of nitrogens with zero attached hydrogens (tertiary/aromatic N) is 2. The highest BCUT2D eigenvalue weighted by Crippen LogP contribution is 2.18. The molecule has 4 rings (SSSR count). The molecule has 1 fully saturated rings. The average Bonchev–Trinajstić information content (AvgIpc) is 2.93. The first-order valence-corrected chi connectivity index (χ1v) is 11.5. The molecule has 0 saturated carbocycles. The number of hydrazone groups is 1. The van der Waals surface area contributed by atoms with Gasteiger partial charge in [-0.15, -0.1) is 0 Å². The first-order chi connectivity index (χ1) is 17.6. The Morgan fingerprint density at radius 1 is 0.889 bits per heavy atom. The Morgan fingerprint density at radius 3 is 2.33 bits per heavy atom. The average molecular weight is 487 g/mol. The van der Waals surface area contributed by atoms with Crippen molar-refractivity contribution >= 4 is 29.6 Å². The van der Waals surface area contributed by atoms with Crippen LogP contribution in [0.2, 0.25) is 0 Å². The van der Waals surface area contributed by atoms with Gasteiger partial charge in [-0.3, -0.25) is 14.4 Å². The molecule has 3 aromatic carbocycles. The molecule has 3 amide bonds.